The number of aliphatic carboxylic acids is 1. The molecule has 3 unspecified atom stereocenters. The number of phosphoric acid groups is 1. The lowest BCUT2D eigenvalue weighted by Gasteiger charge is -2.18. The van der Waals surface area contributed by atoms with Gasteiger partial charge in [-0.1, -0.05) is 134 Å². The summed E-state index contributed by atoms with van der Waals surface area (Å²) >= 11 is 0. The first-order valence-corrected chi connectivity index (χ1v) is 22.0. The molecule has 0 radical (unpaired) electrons. The Morgan fingerprint density at radius 1 is 0.604 bits per heavy atom. The zero-order chi connectivity index (χ0) is 39.3. The van der Waals surface area contributed by atoms with Gasteiger partial charge in [0.05, 0.1) is 13.2 Å². The predicted octanol–water partition coefficient (Wildman–Crippen LogP) is 10.1. The fourth-order valence-electron chi connectivity index (χ4n) is 5.38. The number of carbonyl (C=O) groups is 3. The smallest absolute Gasteiger partial charge is 0.472 e. The van der Waals surface area contributed by atoms with E-state index >= 15 is 0 Å². The van der Waals surface area contributed by atoms with Gasteiger partial charge in [0.15, 0.2) is 6.04 Å². The summed E-state index contributed by atoms with van der Waals surface area (Å²) in [7, 11) is -4.75. The number of rotatable bonds is 38. The third-order valence-electron chi connectivity index (χ3n) is 8.65. The molecule has 0 aromatic carbocycles. The van der Waals surface area contributed by atoms with Gasteiger partial charge in [0, 0.05) is 12.8 Å². The lowest BCUT2D eigenvalue weighted by molar-refractivity contribution is -0.147. The highest BCUT2D eigenvalue weighted by atomic mass is 31.2. The predicted molar refractivity (Wildman–Crippen MR) is 212 cm³/mol. The molecule has 12 heteroatoms. The largest absolute Gasteiger partial charge is 0.480 e. The maximum Gasteiger partial charge on any atom is 0.472 e. The summed E-state index contributed by atoms with van der Waals surface area (Å²) in [6.45, 7) is 2.50. The maximum absolute atomic E-state index is 12.2. The summed E-state index contributed by atoms with van der Waals surface area (Å²) in [5.41, 5.74) is 0. The first kappa shape index (κ1) is 50.7. The van der Waals surface area contributed by atoms with Crippen LogP contribution in [-0.4, -0.2) is 64.9 Å². The lowest BCUT2D eigenvalue weighted by atomic mass is 10.1. The minimum absolute atomic E-state index is 0.134. The molecule has 0 saturated carbocycles. The molecule has 0 saturated heterocycles. The van der Waals surface area contributed by atoms with E-state index in [2.05, 4.69) is 55.6 Å². The minimum atomic E-state index is -4.75. The molecule has 0 heterocycles. The van der Waals surface area contributed by atoms with E-state index in [1.165, 1.54) is 64.2 Å². The second-order valence-electron chi connectivity index (χ2n) is 13.8. The molecule has 4 N–H and O–H groups in total. The zero-order valence-corrected chi connectivity index (χ0v) is 34.0. The molecular formula is C41H74NO10P. The summed E-state index contributed by atoms with van der Waals surface area (Å²) in [5.74, 6) is -2.40. The number of hydrogen-bond donors (Lipinski definition) is 4. The van der Waals surface area contributed by atoms with Crippen molar-refractivity contribution in [2.24, 2.45) is 0 Å². The minimum Gasteiger partial charge on any atom is -0.480 e. The van der Waals surface area contributed by atoms with Gasteiger partial charge in [-0.05, 0) is 64.2 Å². The van der Waals surface area contributed by atoms with Crippen LogP contribution in [-0.2, 0) is 32.7 Å². The number of phosphoric ester groups is 1. The van der Waals surface area contributed by atoms with Crippen molar-refractivity contribution in [3.05, 3.63) is 36.5 Å². The van der Waals surface area contributed by atoms with Crippen LogP contribution in [0, 0.1) is 0 Å². The molecule has 0 rings (SSSR count). The summed E-state index contributed by atoms with van der Waals surface area (Å²) in [5, 5.41) is 21.7. The van der Waals surface area contributed by atoms with Crippen molar-refractivity contribution in [3.63, 3.8) is 0 Å². The van der Waals surface area contributed by atoms with Gasteiger partial charge in [0.1, 0.15) is 12.7 Å². The SMILES string of the molecule is CCCC/C=C\CCCCCCCC(=O)NC(COP(=O)(O)OCC(O)COC(=O)CCCCCCCCC/C=C\C/C=C\CCCCCC)C(=O)O. The van der Waals surface area contributed by atoms with E-state index in [0.29, 0.717) is 12.8 Å². The summed E-state index contributed by atoms with van der Waals surface area (Å²) in [6.07, 6.45) is 37.5. The first-order chi connectivity index (χ1) is 25.6. The molecule has 0 bridgehead atoms. The van der Waals surface area contributed by atoms with Crippen molar-refractivity contribution in [1.82, 2.24) is 5.32 Å². The number of esters is 1. The van der Waals surface area contributed by atoms with Crippen LogP contribution in [0.2, 0.25) is 0 Å². The fourth-order valence-corrected chi connectivity index (χ4v) is 6.16. The van der Waals surface area contributed by atoms with Gasteiger partial charge >= 0.3 is 19.8 Å². The zero-order valence-electron chi connectivity index (χ0n) is 33.1. The van der Waals surface area contributed by atoms with Gasteiger partial charge in [-0.15, -0.1) is 0 Å². The second kappa shape index (κ2) is 36.7. The highest BCUT2D eigenvalue weighted by Crippen LogP contribution is 2.43. The lowest BCUT2D eigenvalue weighted by Crippen LogP contribution is -2.43. The van der Waals surface area contributed by atoms with Crippen LogP contribution in [0.1, 0.15) is 174 Å². The molecule has 11 nitrogen and oxygen atoms in total. The number of carboxylic acids is 1. The average molecular weight is 772 g/mol. The summed E-state index contributed by atoms with van der Waals surface area (Å²) in [6, 6.07) is -1.55. The Kier molecular flexibility index (Phi) is 35.1. The van der Waals surface area contributed by atoms with E-state index in [4.69, 9.17) is 13.8 Å². The number of ether oxygens (including phenoxy) is 1. The number of nitrogens with one attached hydrogen (secondary N) is 1. The molecule has 0 aliphatic rings. The Morgan fingerprint density at radius 3 is 1.60 bits per heavy atom. The van der Waals surface area contributed by atoms with E-state index in [1.807, 2.05) is 0 Å². The second-order valence-corrected chi connectivity index (χ2v) is 15.3. The van der Waals surface area contributed by atoms with Crippen LogP contribution >= 0.6 is 7.82 Å². The molecule has 1 amide bonds. The molecule has 0 fully saturated rings. The quantitative estimate of drug-likeness (QED) is 0.0205. The summed E-state index contributed by atoms with van der Waals surface area (Å²) < 4.78 is 26.7. The number of aliphatic hydroxyl groups is 1. The summed E-state index contributed by atoms with van der Waals surface area (Å²) in [4.78, 5) is 45.7. The highest BCUT2D eigenvalue weighted by Gasteiger charge is 2.28. The van der Waals surface area contributed by atoms with Gasteiger partial charge in [-0.2, -0.15) is 0 Å². The molecule has 0 spiro atoms. The van der Waals surface area contributed by atoms with E-state index in [9.17, 15) is 34.1 Å². The van der Waals surface area contributed by atoms with Crippen molar-refractivity contribution in [2.75, 3.05) is 19.8 Å². The first-order valence-electron chi connectivity index (χ1n) is 20.5. The van der Waals surface area contributed by atoms with Crippen LogP contribution in [0.25, 0.3) is 0 Å². The monoisotopic (exact) mass is 772 g/mol. The molecule has 3 atom stereocenters. The average Bonchev–Trinajstić information content (AvgIpc) is 3.13. The number of carboxylic acid groups (broad SMARTS) is 1. The number of amides is 1. The Hall–Kier alpha value is -2.30. The molecule has 0 aliphatic heterocycles. The molecule has 0 aliphatic carbocycles. The van der Waals surface area contributed by atoms with E-state index in [1.54, 1.807) is 0 Å². The Bertz CT molecular complexity index is 1050. The molecular weight excluding hydrogens is 697 g/mol. The van der Waals surface area contributed by atoms with Crippen LogP contribution in [0.5, 0.6) is 0 Å². The van der Waals surface area contributed by atoms with Crippen LogP contribution in [0.15, 0.2) is 36.5 Å². The van der Waals surface area contributed by atoms with E-state index < -0.39 is 57.6 Å². The number of hydrogen-bond acceptors (Lipinski definition) is 8. The fraction of sp³-hybridized carbons (Fsp3) is 0.780. The van der Waals surface area contributed by atoms with Gasteiger partial charge < -0.3 is 25.2 Å². The Morgan fingerprint density at radius 2 is 1.06 bits per heavy atom. The third-order valence-corrected chi connectivity index (χ3v) is 9.60. The Labute approximate surface area is 321 Å². The highest BCUT2D eigenvalue weighted by molar-refractivity contribution is 7.47. The van der Waals surface area contributed by atoms with Gasteiger partial charge in [0.2, 0.25) is 5.91 Å². The standard InChI is InChI=1S/C41H74NO10P/c1-3-5-7-9-11-13-15-16-17-18-19-20-21-23-25-27-29-31-33-40(45)50-34-37(43)35-51-53(48,49)52-36-38(41(46)47)42-39(44)32-30-28-26-24-22-14-12-10-8-6-4-2/h10,12-13,15,17-18,37-38,43H,3-9,11,14,16,19-36H2,1-2H3,(H,42,44)(H,46,47)(H,48,49)/b12-10-,15-13-,18-17-. The normalized spacial score (nSPS) is 14.2. The Balaban J connectivity index is 3.92. The molecule has 0 aromatic rings. The van der Waals surface area contributed by atoms with Gasteiger partial charge in [-0.3, -0.25) is 18.6 Å². The van der Waals surface area contributed by atoms with Crippen LogP contribution in [0.3, 0.4) is 0 Å². The van der Waals surface area contributed by atoms with Gasteiger partial charge in [-0.25, -0.2) is 9.36 Å². The van der Waals surface area contributed by atoms with Crippen LogP contribution in [0.4, 0.5) is 0 Å². The molecule has 308 valence electrons. The van der Waals surface area contributed by atoms with E-state index in [0.717, 1.165) is 70.6 Å². The van der Waals surface area contributed by atoms with E-state index in [-0.39, 0.29) is 12.8 Å². The van der Waals surface area contributed by atoms with Crippen molar-refractivity contribution < 1.29 is 47.8 Å². The van der Waals surface area contributed by atoms with Crippen LogP contribution < -0.4 is 5.32 Å². The number of aliphatic hydroxyl groups excluding tert-OH is 1. The van der Waals surface area contributed by atoms with Crippen molar-refractivity contribution >= 4 is 25.7 Å². The topological polar surface area (TPSA) is 169 Å². The van der Waals surface area contributed by atoms with Gasteiger partial charge in [0.25, 0.3) is 0 Å². The number of allylic oxidation sites excluding steroid dienone is 6. The third kappa shape index (κ3) is 36.4. The number of carbonyl (C=O) groups excluding carboxylic acids is 2. The van der Waals surface area contributed by atoms with Crippen molar-refractivity contribution in [1.29, 1.82) is 0 Å². The van der Waals surface area contributed by atoms with Crippen molar-refractivity contribution in [2.45, 2.75) is 187 Å². The number of unbranched alkanes of at least 4 members (excludes halogenated alkanes) is 18. The van der Waals surface area contributed by atoms with Crippen molar-refractivity contribution in [3.8, 4) is 0 Å². The maximum atomic E-state index is 12.2. The molecule has 53 heavy (non-hydrogen) atoms. The molecule has 0 aromatic heterocycles.